The molecule has 1 aromatic heterocycles. The number of amides is 1. The number of hydrogen-bond donors (Lipinski definition) is 0. The van der Waals surface area contributed by atoms with E-state index in [-0.39, 0.29) is 11.2 Å². The maximum atomic E-state index is 11.5. The lowest BCUT2D eigenvalue weighted by Gasteiger charge is -2.16. The summed E-state index contributed by atoms with van der Waals surface area (Å²) in [6.07, 6.45) is 4.14. The van der Waals surface area contributed by atoms with Gasteiger partial charge in [-0.1, -0.05) is 6.92 Å². The van der Waals surface area contributed by atoms with Gasteiger partial charge in [0.25, 0.3) is 0 Å². The predicted molar refractivity (Wildman–Crippen MR) is 61.1 cm³/mol. The van der Waals surface area contributed by atoms with E-state index in [2.05, 4.69) is 9.97 Å². The zero-order valence-electron chi connectivity index (χ0n) is 9.24. The number of halogens is 1. The summed E-state index contributed by atoms with van der Waals surface area (Å²) in [5.41, 5.74) is 1.93. The molecule has 0 bridgehead atoms. The monoisotopic (exact) mass is 239 g/mol. The molecule has 0 unspecified atom stereocenters. The van der Waals surface area contributed by atoms with Crippen LogP contribution in [0.25, 0.3) is 0 Å². The topological polar surface area (TPSA) is 46.1 Å². The van der Waals surface area contributed by atoms with Gasteiger partial charge in [-0.05, 0) is 24.4 Å². The van der Waals surface area contributed by atoms with Crippen LogP contribution in [-0.2, 0) is 17.8 Å². The molecule has 1 aliphatic heterocycles. The van der Waals surface area contributed by atoms with Gasteiger partial charge in [-0.25, -0.2) is 9.97 Å². The third kappa shape index (κ3) is 2.32. The van der Waals surface area contributed by atoms with Crippen molar-refractivity contribution >= 4 is 17.5 Å². The third-order valence-electron chi connectivity index (χ3n) is 2.79. The van der Waals surface area contributed by atoms with E-state index in [1.807, 2.05) is 11.8 Å². The van der Waals surface area contributed by atoms with Gasteiger partial charge in [0.2, 0.25) is 11.2 Å². The highest BCUT2D eigenvalue weighted by molar-refractivity contribution is 6.28. The Labute approximate surface area is 99.6 Å². The van der Waals surface area contributed by atoms with E-state index in [0.717, 1.165) is 30.6 Å². The van der Waals surface area contributed by atoms with E-state index in [1.54, 1.807) is 6.20 Å². The number of carbonyl (C=O) groups is 1. The van der Waals surface area contributed by atoms with Gasteiger partial charge in [0.15, 0.2) is 0 Å². The average molecular weight is 240 g/mol. The first-order chi connectivity index (χ1) is 7.70. The molecule has 0 radical (unpaired) electrons. The third-order valence-corrected chi connectivity index (χ3v) is 2.97. The molecule has 0 aliphatic carbocycles. The van der Waals surface area contributed by atoms with E-state index < -0.39 is 0 Å². The minimum Gasteiger partial charge on any atom is -0.338 e. The molecule has 1 aliphatic rings. The van der Waals surface area contributed by atoms with Crippen LogP contribution in [0.2, 0.25) is 5.28 Å². The number of nitrogens with zero attached hydrogens (tertiary/aromatic N) is 3. The standard InChI is InChI=1S/C11H14ClN3O/c1-2-9-8(6-13-11(12)14-9)7-15-5-3-4-10(15)16/h6H,2-5,7H2,1H3. The Balaban J connectivity index is 2.17. The fourth-order valence-electron chi connectivity index (χ4n) is 1.93. The smallest absolute Gasteiger partial charge is 0.222 e. The van der Waals surface area contributed by atoms with E-state index in [0.29, 0.717) is 13.0 Å². The van der Waals surface area contributed by atoms with Crippen molar-refractivity contribution < 1.29 is 4.79 Å². The first kappa shape index (κ1) is 11.3. The number of hydrogen-bond acceptors (Lipinski definition) is 3. The molecule has 1 amide bonds. The fraction of sp³-hybridized carbons (Fsp3) is 0.545. The summed E-state index contributed by atoms with van der Waals surface area (Å²) in [4.78, 5) is 21.5. The van der Waals surface area contributed by atoms with Gasteiger partial charge in [0.1, 0.15) is 0 Å². The highest BCUT2D eigenvalue weighted by Crippen LogP contribution is 2.16. The minimum absolute atomic E-state index is 0.219. The molecule has 0 aromatic carbocycles. The first-order valence-electron chi connectivity index (χ1n) is 5.48. The van der Waals surface area contributed by atoms with E-state index in [9.17, 15) is 4.79 Å². The van der Waals surface area contributed by atoms with Gasteiger partial charge in [0, 0.05) is 31.3 Å². The Hall–Kier alpha value is -1.16. The van der Waals surface area contributed by atoms with Crippen LogP contribution in [0.4, 0.5) is 0 Å². The molecule has 4 nitrogen and oxygen atoms in total. The molecule has 2 rings (SSSR count). The minimum atomic E-state index is 0.219. The average Bonchev–Trinajstić information content (AvgIpc) is 2.67. The number of aryl methyl sites for hydroxylation is 1. The Morgan fingerprint density at radius 1 is 1.56 bits per heavy atom. The van der Waals surface area contributed by atoms with Gasteiger partial charge in [-0.3, -0.25) is 4.79 Å². The van der Waals surface area contributed by atoms with Gasteiger partial charge >= 0.3 is 0 Å². The summed E-state index contributed by atoms with van der Waals surface area (Å²) in [6.45, 7) is 3.47. The number of likely N-dealkylation sites (tertiary alicyclic amines) is 1. The highest BCUT2D eigenvalue weighted by atomic mass is 35.5. The van der Waals surface area contributed by atoms with Crippen LogP contribution >= 0.6 is 11.6 Å². The molecular formula is C11H14ClN3O. The van der Waals surface area contributed by atoms with Gasteiger partial charge < -0.3 is 4.90 Å². The summed E-state index contributed by atoms with van der Waals surface area (Å²) in [6, 6.07) is 0. The maximum absolute atomic E-state index is 11.5. The molecular weight excluding hydrogens is 226 g/mol. The van der Waals surface area contributed by atoms with Crippen LogP contribution < -0.4 is 0 Å². The predicted octanol–water partition coefficient (Wildman–Crippen LogP) is 1.81. The Kier molecular flexibility index (Phi) is 3.39. The van der Waals surface area contributed by atoms with Crippen molar-refractivity contribution in [2.24, 2.45) is 0 Å². The highest BCUT2D eigenvalue weighted by Gasteiger charge is 2.21. The van der Waals surface area contributed by atoms with Gasteiger partial charge in [-0.15, -0.1) is 0 Å². The van der Waals surface area contributed by atoms with Crippen LogP contribution in [-0.4, -0.2) is 27.3 Å². The first-order valence-corrected chi connectivity index (χ1v) is 5.86. The molecule has 0 spiro atoms. The fourth-order valence-corrected chi connectivity index (χ4v) is 2.08. The van der Waals surface area contributed by atoms with Crippen molar-refractivity contribution in [1.29, 1.82) is 0 Å². The molecule has 0 N–H and O–H groups in total. The summed E-state index contributed by atoms with van der Waals surface area (Å²) in [7, 11) is 0. The van der Waals surface area contributed by atoms with Crippen molar-refractivity contribution in [2.45, 2.75) is 32.7 Å². The van der Waals surface area contributed by atoms with Crippen LogP contribution in [0, 0.1) is 0 Å². The SMILES string of the molecule is CCc1nc(Cl)ncc1CN1CCCC1=O. The molecule has 1 fully saturated rings. The molecule has 0 atom stereocenters. The van der Waals surface area contributed by atoms with Crippen molar-refractivity contribution in [2.75, 3.05) is 6.54 Å². The van der Waals surface area contributed by atoms with Crippen LogP contribution in [0.5, 0.6) is 0 Å². The lowest BCUT2D eigenvalue weighted by Crippen LogP contribution is -2.24. The molecule has 86 valence electrons. The number of aromatic nitrogens is 2. The second-order valence-corrected chi connectivity index (χ2v) is 4.22. The van der Waals surface area contributed by atoms with Crippen molar-refractivity contribution in [1.82, 2.24) is 14.9 Å². The zero-order valence-corrected chi connectivity index (χ0v) is 10.00. The molecule has 0 saturated carbocycles. The lowest BCUT2D eigenvalue weighted by molar-refractivity contribution is -0.128. The Bertz CT molecular complexity index is 408. The summed E-state index contributed by atoms with van der Waals surface area (Å²) < 4.78 is 0. The maximum Gasteiger partial charge on any atom is 0.222 e. The normalized spacial score (nSPS) is 15.9. The zero-order chi connectivity index (χ0) is 11.5. The Morgan fingerprint density at radius 2 is 2.38 bits per heavy atom. The summed E-state index contributed by atoms with van der Waals surface area (Å²) in [5.74, 6) is 0.219. The quantitative estimate of drug-likeness (QED) is 0.756. The molecule has 1 aromatic rings. The molecule has 5 heteroatoms. The van der Waals surface area contributed by atoms with E-state index in [1.165, 1.54) is 0 Å². The number of carbonyl (C=O) groups excluding carboxylic acids is 1. The van der Waals surface area contributed by atoms with Crippen molar-refractivity contribution in [3.05, 3.63) is 22.7 Å². The Morgan fingerprint density at radius 3 is 3.00 bits per heavy atom. The largest absolute Gasteiger partial charge is 0.338 e. The molecule has 2 heterocycles. The number of rotatable bonds is 3. The second kappa shape index (κ2) is 4.78. The van der Waals surface area contributed by atoms with Crippen LogP contribution in [0.3, 0.4) is 0 Å². The van der Waals surface area contributed by atoms with E-state index in [4.69, 9.17) is 11.6 Å². The summed E-state index contributed by atoms with van der Waals surface area (Å²) in [5, 5.41) is 0.272. The van der Waals surface area contributed by atoms with Crippen molar-refractivity contribution in [3.8, 4) is 0 Å². The van der Waals surface area contributed by atoms with Crippen molar-refractivity contribution in [3.63, 3.8) is 0 Å². The lowest BCUT2D eigenvalue weighted by atomic mass is 10.2. The van der Waals surface area contributed by atoms with E-state index >= 15 is 0 Å². The van der Waals surface area contributed by atoms with Crippen LogP contribution in [0.1, 0.15) is 31.0 Å². The van der Waals surface area contributed by atoms with Gasteiger partial charge in [0.05, 0.1) is 5.69 Å². The molecule has 1 saturated heterocycles. The van der Waals surface area contributed by atoms with Gasteiger partial charge in [-0.2, -0.15) is 0 Å². The summed E-state index contributed by atoms with van der Waals surface area (Å²) >= 11 is 5.74. The van der Waals surface area contributed by atoms with Crippen LogP contribution in [0.15, 0.2) is 6.20 Å². The molecule has 16 heavy (non-hydrogen) atoms. The second-order valence-electron chi connectivity index (χ2n) is 3.88.